The first-order valence-corrected chi connectivity index (χ1v) is 13.6. The number of fused-ring (bicyclic) bond motifs is 4. The van der Waals surface area contributed by atoms with E-state index in [0.717, 1.165) is 23.7 Å². The summed E-state index contributed by atoms with van der Waals surface area (Å²) in [4.78, 5) is 0. The molecule has 6 aliphatic rings. The standard InChI is InChI=1S/C28H46O3/c1-15(2)24-25(31-24)23(29)16(3)19-7-8-20-18-13-22(30-6)28-14-17(28)9-12-27(28,5)21(18)10-11-26(19,20)4/h15-25,29H,7-14H2,1-6H3/t16-,17-,18-,19+,20-,21-,22+,23+,24-,25-,26+,27+,28-/m0/s1. The molecule has 1 saturated heterocycles. The fraction of sp³-hybridized carbons (Fsp3) is 1.00. The molecule has 5 saturated carbocycles. The van der Waals surface area contributed by atoms with Crippen LogP contribution in [0.4, 0.5) is 0 Å². The van der Waals surface area contributed by atoms with Crippen LogP contribution in [0.5, 0.6) is 0 Å². The molecule has 0 bridgehead atoms. The number of ether oxygens (including phenoxy) is 2. The number of hydrogen-bond acceptors (Lipinski definition) is 3. The van der Waals surface area contributed by atoms with Crippen molar-refractivity contribution in [3.05, 3.63) is 0 Å². The van der Waals surface area contributed by atoms with E-state index in [9.17, 15) is 5.11 Å². The summed E-state index contributed by atoms with van der Waals surface area (Å²) < 4.78 is 12.2. The van der Waals surface area contributed by atoms with Crippen LogP contribution in [0.25, 0.3) is 0 Å². The van der Waals surface area contributed by atoms with Gasteiger partial charge in [-0.05, 0) is 104 Å². The highest BCUT2D eigenvalue weighted by atomic mass is 16.6. The summed E-state index contributed by atoms with van der Waals surface area (Å²) in [6.07, 6.45) is 11.6. The van der Waals surface area contributed by atoms with E-state index in [1.165, 1.54) is 51.4 Å². The first-order valence-electron chi connectivity index (χ1n) is 13.6. The van der Waals surface area contributed by atoms with E-state index in [1.807, 2.05) is 7.11 Å². The largest absolute Gasteiger partial charge is 0.390 e. The molecule has 1 aliphatic heterocycles. The van der Waals surface area contributed by atoms with Crippen LogP contribution in [0.2, 0.25) is 0 Å². The SMILES string of the molecule is CO[C@@H]1C[C@H]2[C@@H]3CC[C@H]([C@H](C)[C@@H](O)[C@@H]4O[C@H]4C(C)C)[C@@]3(C)CC[C@@H]2[C@@]2(C)CC[C@H]3C[C@]312. The second-order valence-electron chi connectivity index (χ2n) is 13.6. The second-order valence-corrected chi connectivity index (χ2v) is 13.6. The van der Waals surface area contributed by atoms with Gasteiger partial charge >= 0.3 is 0 Å². The minimum absolute atomic E-state index is 0.0746. The third kappa shape index (κ3) is 2.58. The van der Waals surface area contributed by atoms with Gasteiger partial charge in [-0.1, -0.05) is 34.6 Å². The van der Waals surface area contributed by atoms with Gasteiger partial charge in [0.25, 0.3) is 0 Å². The lowest BCUT2D eigenvalue weighted by Crippen LogP contribution is -2.57. The van der Waals surface area contributed by atoms with Gasteiger partial charge in [0, 0.05) is 12.5 Å². The maximum atomic E-state index is 11.2. The Kier molecular flexibility index (Phi) is 4.65. The smallest absolute Gasteiger partial charge is 0.110 e. The van der Waals surface area contributed by atoms with Crippen molar-refractivity contribution < 1.29 is 14.6 Å². The van der Waals surface area contributed by atoms with E-state index in [-0.39, 0.29) is 18.3 Å². The van der Waals surface area contributed by atoms with Gasteiger partial charge < -0.3 is 14.6 Å². The quantitative estimate of drug-likeness (QED) is 0.570. The van der Waals surface area contributed by atoms with E-state index >= 15 is 0 Å². The van der Waals surface area contributed by atoms with Crippen LogP contribution in [0.3, 0.4) is 0 Å². The van der Waals surface area contributed by atoms with Gasteiger partial charge in [0.15, 0.2) is 0 Å². The lowest BCUT2D eigenvalue weighted by atomic mass is 9.45. The number of epoxide rings is 1. The van der Waals surface area contributed by atoms with Crippen LogP contribution in [-0.2, 0) is 9.47 Å². The Labute approximate surface area is 190 Å². The van der Waals surface area contributed by atoms with Crippen LogP contribution < -0.4 is 0 Å². The summed E-state index contributed by atoms with van der Waals surface area (Å²) in [6.45, 7) is 12.0. The fourth-order valence-electron chi connectivity index (χ4n) is 11.0. The average Bonchev–Trinajstić information content (AvgIpc) is 3.62. The Morgan fingerprint density at radius 3 is 2.39 bits per heavy atom. The molecule has 1 N–H and O–H groups in total. The molecule has 6 fully saturated rings. The van der Waals surface area contributed by atoms with Crippen LogP contribution >= 0.6 is 0 Å². The zero-order chi connectivity index (χ0) is 21.9. The van der Waals surface area contributed by atoms with E-state index in [2.05, 4.69) is 34.6 Å². The van der Waals surface area contributed by atoms with E-state index in [0.29, 0.717) is 40.1 Å². The maximum Gasteiger partial charge on any atom is 0.110 e. The molecule has 176 valence electrons. The number of aliphatic hydroxyl groups is 1. The Hall–Kier alpha value is -0.120. The fourth-order valence-corrected chi connectivity index (χ4v) is 11.0. The Morgan fingerprint density at radius 1 is 0.968 bits per heavy atom. The summed E-state index contributed by atoms with van der Waals surface area (Å²) >= 11 is 0. The lowest BCUT2D eigenvalue weighted by Gasteiger charge is -2.61. The third-order valence-corrected chi connectivity index (χ3v) is 12.6. The van der Waals surface area contributed by atoms with Crippen LogP contribution in [-0.4, -0.2) is 36.6 Å². The molecule has 0 radical (unpaired) electrons. The highest BCUT2D eigenvalue weighted by molar-refractivity contribution is 5.26. The van der Waals surface area contributed by atoms with Crippen molar-refractivity contribution in [2.24, 2.45) is 57.7 Å². The molecule has 5 aliphatic carbocycles. The number of rotatable bonds is 5. The topological polar surface area (TPSA) is 42.0 Å². The zero-order valence-electron chi connectivity index (χ0n) is 20.8. The molecule has 1 heterocycles. The normalized spacial score (nSPS) is 58.8. The van der Waals surface area contributed by atoms with Crippen LogP contribution in [0.15, 0.2) is 0 Å². The molecule has 1 spiro atoms. The van der Waals surface area contributed by atoms with E-state index in [4.69, 9.17) is 9.47 Å². The molecule has 0 aromatic heterocycles. The van der Waals surface area contributed by atoms with Crippen molar-refractivity contribution in [2.75, 3.05) is 7.11 Å². The van der Waals surface area contributed by atoms with Gasteiger partial charge in [0.05, 0.1) is 18.3 Å². The van der Waals surface area contributed by atoms with Crippen molar-refractivity contribution in [3.8, 4) is 0 Å². The molecule has 6 rings (SSSR count). The summed E-state index contributed by atoms with van der Waals surface area (Å²) in [5.41, 5.74) is 1.41. The Bertz CT molecular complexity index is 736. The Balaban J connectivity index is 1.24. The molecule has 31 heavy (non-hydrogen) atoms. The van der Waals surface area contributed by atoms with Crippen molar-refractivity contribution in [1.29, 1.82) is 0 Å². The summed E-state index contributed by atoms with van der Waals surface area (Å²) in [5.74, 6) is 4.98. The average molecular weight is 431 g/mol. The van der Waals surface area contributed by atoms with Crippen LogP contribution in [0, 0.1) is 57.7 Å². The molecule has 0 amide bonds. The number of methoxy groups -OCH3 is 1. The number of aliphatic hydroxyl groups excluding tert-OH is 1. The molecular formula is C28H46O3. The van der Waals surface area contributed by atoms with Crippen molar-refractivity contribution >= 4 is 0 Å². The molecule has 3 nitrogen and oxygen atoms in total. The van der Waals surface area contributed by atoms with Gasteiger partial charge in [0.1, 0.15) is 6.10 Å². The second kappa shape index (κ2) is 6.72. The molecule has 0 unspecified atom stereocenters. The molecule has 0 aromatic carbocycles. The summed E-state index contributed by atoms with van der Waals surface area (Å²) in [5, 5.41) is 11.2. The summed E-state index contributed by atoms with van der Waals surface area (Å²) in [7, 11) is 1.99. The van der Waals surface area contributed by atoms with E-state index < -0.39 is 0 Å². The lowest BCUT2D eigenvalue weighted by molar-refractivity contribution is -0.162. The monoisotopic (exact) mass is 430 g/mol. The summed E-state index contributed by atoms with van der Waals surface area (Å²) in [6, 6.07) is 0. The highest BCUT2D eigenvalue weighted by Crippen LogP contribution is 2.82. The van der Waals surface area contributed by atoms with Gasteiger partial charge in [0.2, 0.25) is 0 Å². The minimum atomic E-state index is -0.299. The van der Waals surface area contributed by atoms with Crippen molar-refractivity contribution in [1.82, 2.24) is 0 Å². The minimum Gasteiger partial charge on any atom is -0.390 e. The Morgan fingerprint density at radius 2 is 1.74 bits per heavy atom. The highest BCUT2D eigenvalue weighted by Gasteiger charge is 2.77. The first kappa shape index (κ1) is 21.4. The van der Waals surface area contributed by atoms with E-state index in [1.54, 1.807) is 0 Å². The predicted molar refractivity (Wildman–Crippen MR) is 122 cm³/mol. The van der Waals surface area contributed by atoms with Crippen LogP contribution in [0.1, 0.15) is 86.0 Å². The maximum absolute atomic E-state index is 11.2. The van der Waals surface area contributed by atoms with Gasteiger partial charge in [-0.15, -0.1) is 0 Å². The zero-order valence-corrected chi connectivity index (χ0v) is 20.8. The molecule has 0 aromatic rings. The van der Waals surface area contributed by atoms with Crippen molar-refractivity contribution in [3.63, 3.8) is 0 Å². The molecule has 3 heteroatoms. The molecule has 13 atom stereocenters. The van der Waals surface area contributed by atoms with Gasteiger partial charge in [-0.25, -0.2) is 0 Å². The number of hydrogen-bond donors (Lipinski definition) is 1. The predicted octanol–water partition coefficient (Wildman–Crippen LogP) is 5.69. The van der Waals surface area contributed by atoms with Gasteiger partial charge in [-0.2, -0.15) is 0 Å². The van der Waals surface area contributed by atoms with Crippen molar-refractivity contribution in [2.45, 2.75) is 110 Å². The molecular weight excluding hydrogens is 384 g/mol. The third-order valence-electron chi connectivity index (χ3n) is 12.6. The first-order chi connectivity index (χ1) is 14.7. The van der Waals surface area contributed by atoms with Gasteiger partial charge in [-0.3, -0.25) is 0 Å².